The maximum atomic E-state index is 5.02. The molecule has 0 rings (SSSR count). The van der Waals surface area contributed by atoms with Gasteiger partial charge in [-0.3, -0.25) is 0 Å². The van der Waals surface area contributed by atoms with Gasteiger partial charge in [0.25, 0.3) is 0 Å². The van der Waals surface area contributed by atoms with E-state index in [-0.39, 0.29) is 0 Å². The van der Waals surface area contributed by atoms with Crippen LogP contribution in [-0.2, 0) is 0 Å². The van der Waals surface area contributed by atoms with Gasteiger partial charge in [0.15, 0.2) is 0 Å². The van der Waals surface area contributed by atoms with Gasteiger partial charge in [-0.1, -0.05) is 30.5 Å². The minimum Gasteiger partial charge on any atom is -0.371 e. The van der Waals surface area contributed by atoms with Crippen molar-refractivity contribution < 1.29 is 0 Å². The monoisotopic (exact) mass is 252 g/mol. The maximum Gasteiger partial charge on any atom is 0.145 e. The van der Waals surface area contributed by atoms with Gasteiger partial charge < -0.3 is 10.6 Å². The zero-order valence-electron chi connectivity index (χ0n) is 7.33. The van der Waals surface area contributed by atoms with Crippen molar-refractivity contribution in [3.8, 4) is 0 Å². The number of hydrogen-bond acceptors (Lipinski definition) is 4. The summed E-state index contributed by atoms with van der Waals surface area (Å²) >= 11 is 10.0. The largest absolute Gasteiger partial charge is 0.371 e. The molecule has 0 aliphatic heterocycles. The molecular weight excluding hydrogens is 240 g/mol. The summed E-state index contributed by atoms with van der Waals surface area (Å²) in [5, 5.41) is 6.02. The molecule has 0 bridgehead atoms. The molecule has 0 radical (unpaired) electrons. The van der Waals surface area contributed by atoms with Gasteiger partial charge in [-0.05, 0) is 28.5 Å². The van der Waals surface area contributed by atoms with Crippen molar-refractivity contribution in [2.24, 2.45) is 0 Å². The molecule has 0 unspecified atom stereocenters. The fourth-order valence-corrected chi connectivity index (χ4v) is 2.58. The molecule has 0 aromatic heterocycles. The van der Waals surface area contributed by atoms with Crippen LogP contribution < -0.4 is 10.6 Å². The number of hydrogen-bond donors (Lipinski definition) is 2. The van der Waals surface area contributed by atoms with Crippen molar-refractivity contribution in [1.82, 2.24) is 10.6 Å². The topological polar surface area (TPSA) is 24.1 Å². The lowest BCUT2D eigenvalue weighted by atomic mass is 10.6. The van der Waals surface area contributed by atoms with E-state index in [1.54, 1.807) is 6.08 Å². The van der Waals surface area contributed by atoms with Crippen molar-refractivity contribution in [3.05, 3.63) is 12.7 Å². The lowest BCUT2D eigenvalue weighted by molar-refractivity contribution is 0.996. The van der Waals surface area contributed by atoms with Gasteiger partial charge in [-0.2, -0.15) is 0 Å². The van der Waals surface area contributed by atoms with Gasteiger partial charge in [0.1, 0.15) is 8.64 Å². The van der Waals surface area contributed by atoms with Gasteiger partial charge in [0, 0.05) is 13.1 Å². The predicted molar refractivity (Wildman–Crippen MR) is 72.3 cm³/mol. The molecule has 0 aliphatic rings. The van der Waals surface area contributed by atoms with Gasteiger partial charge >= 0.3 is 0 Å². The van der Waals surface area contributed by atoms with E-state index in [1.165, 1.54) is 21.6 Å². The van der Waals surface area contributed by atoms with E-state index in [9.17, 15) is 0 Å². The van der Waals surface area contributed by atoms with Crippen LogP contribution in [0, 0.1) is 0 Å². The Hall–Kier alpha value is 0.220. The molecule has 0 saturated heterocycles. The molecule has 0 heterocycles. The van der Waals surface area contributed by atoms with Crippen molar-refractivity contribution in [2.75, 3.05) is 13.1 Å². The molecule has 0 spiro atoms. The average molecular weight is 252 g/mol. The molecule has 0 atom stereocenters. The molecule has 0 aliphatic carbocycles. The first kappa shape index (κ1) is 13.2. The van der Waals surface area contributed by atoms with E-state index in [0.29, 0.717) is 6.54 Å². The summed E-state index contributed by atoms with van der Waals surface area (Å²) in [6, 6.07) is 0. The number of nitrogens with one attached hydrogen (secondary N) is 2. The Morgan fingerprint density at radius 3 is 2.31 bits per heavy atom. The zero-order chi connectivity index (χ0) is 10.1. The van der Waals surface area contributed by atoms with Crippen molar-refractivity contribution in [1.29, 1.82) is 0 Å². The van der Waals surface area contributed by atoms with Crippen molar-refractivity contribution in [2.45, 2.75) is 6.92 Å². The summed E-state index contributed by atoms with van der Waals surface area (Å²) in [7, 11) is 2.91. The quantitative estimate of drug-likeness (QED) is 0.454. The zero-order valence-corrected chi connectivity index (χ0v) is 10.6. The maximum absolute atomic E-state index is 5.02. The van der Waals surface area contributed by atoms with Crippen LogP contribution in [-0.4, -0.2) is 21.7 Å². The molecule has 0 aromatic rings. The second-order valence-corrected chi connectivity index (χ2v) is 5.42. The molecule has 0 aromatic carbocycles. The predicted octanol–water partition coefficient (Wildman–Crippen LogP) is 2.32. The highest BCUT2D eigenvalue weighted by molar-refractivity contribution is 8.89. The summed E-state index contributed by atoms with van der Waals surface area (Å²) in [6.07, 6.45) is 1.76. The van der Waals surface area contributed by atoms with E-state index < -0.39 is 0 Å². The second kappa shape index (κ2) is 8.80. The van der Waals surface area contributed by atoms with Gasteiger partial charge in [-0.25, -0.2) is 0 Å². The first-order valence-corrected chi connectivity index (χ1v) is 6.68. The normalized spacial score (nSPS) is 9.00. The Balaban J connectivity index is 3.45. The van der Waals surface area contributed by atoms with E-state index in [2.05, 4.69) is 17.2 Å². The van der Waals surface area contributed by atoms with Gasteiger partial charge in [0.05, 0.1) is 0 Å². The minimum atomic E-state index is 0.695. The number of rotatable bonds is 3. The minimum absolute atomic E-state index is 0.695. The van der Waals surface area contributed by atoms with Gasteiger partial charge in [-0.15, -0.1) is 6.58 Å². The second-order valence-electron chi connectivity index (χ2n) is 1.94. The molecule has 0 amide bonds. The van der Waals surface area contributed by atoms with Crippen molar-refractivity contribution >= 4 is 54.7 Å². The summed E-state index contributed by atoms with van der Waals surface area (Å²) in [5.74, 6) is 0. The molecule has 2 nitrogen and oxygen atoms in total. The first-order chi connectivity index (χ1) is 6.20. The van der Waals surface area contributed by atoms with Crippen molar-refractivity contribution in [3.63, 3.8) is 0 Å². The van der Waals surface area contributed by atoms with Crippen LogP contribution in [0.2, 0.25) is 0 Å². The Morgan fingerprint density at radius 2 is 1.85 bits per heavy atom. The molecular formula is C7H12N2S4. The van der Waals surface area contributed by atoms with Crippen LogP contribution in [0.3, 0.4) is 0 Å². The Labute approximate surface area is 97.7 Å². The highest BCUT2D eigenvalue weighted by Gasteiger charge is 1.99. The molecule has 0 fully saturated rings. The van der Waals surface area contributed by atoms with E-state index in [4.69, 9.17) is 24.4 Å². The third-order valence-electron chi connectivity index (χ3n) is 0.905. The van der Waals surface area contributed by atoms with Crippen LogP contribution in [0.15, 0.2) is 12.7 Å². The number of thiocarbonyl (C=S) groups is 2. The van der Waals surface area contributed by atoms with Crippen LogP contribution in [0.5, 0.6) is 0 Å². The summed E-state index contributed by atoms with van der Waals surface area (Å²) in [4.78, 5) is 0. The Kier molecular flexibility index (Phi) is 8.95. The highest BCUT2D eigenvalue weighted by Crippen LogP contribution is 2.22. The van der Waals surface area contributed by atoms with Crippen LogP contribution in [0.1, 0.15) is 6.92 Å². The first-order valence-electron chi connectivity index (χ1n) is 3.71. The Morgan fingerprint density at radius 1 is 1.31 bits per heavy atom. The fourth-order valence-electron chi connectivity index (χ4n) is 0.434. The van der Waals surface area contributed by atoms with E-state index in [0.717, 1.165) is 15.2 Å². The van der Waals surface area contributed by atoms with E-state index >= 15 is 0 Å². The van der Waals surface area contributed by atoms with Crippen LogP contribution in [0.4, 0.5) is 0 Å². The summed E-state index contributed by atoms with van der Waals surface area (Å²) < 4.78 is 1.49. The smallest absolute Gasteiger partial charge is 0.145 e. The SMILES string of the molecule is C=CCNC(=S)SSC(=S)NCC. The molecule has 2 N–H and O–H groups in total. The third-order valence-corrected chi connectivity index (χ3v) is 4.25. The lowest BCUT2D eigenvalue weighted by Crippen LogP contribution is -2.19. The molecule has 74 valence electrons. The summed E-state index contributed by atoms with van der Waals surface area (Å²) in [6.45, 7) is 7.13. The van der Waals surface area contributed by atoms with Crippen LogP contribution in [0.25, 0.3) is 0 Å². The molecule has 13 heavy (non-hydrogen) atoms. The van der Waals surface area contributed by atoms with E-state index in [1.807, 2.05) is 6.92 Å². The Bertz CT molecular complexity index is 193. The molecule has 0 saturated carbocycles. The van der Waals surface area contributed by atoms with Crippen LogP contribution >= 0.6 is 46.0 Å². The standard InChI is InChI=1S/C7H12N2S4/c1-3-5-9-7(11)13-12-6(10)8-4-2/h3H,1,4-5H2,2H3,(H,8,10)(H,9,11). The van der Waals surface area contributed by atoms with Gasteiger partial charge in [0.2, 0.25) is 0 Å². The third kappa shape index (κ3) is 8.55. The summed E-state index contributed by atoms with van der Waals surface area (Å²) in [5.41, 5.74) is 0. The molecule has 6 heteroatoms. The highest BCUT2D eigenvalue weighted by atomic mass is 33.1. The fraction of sp³-hybridized carbons (Fsp3) is 0.429. The average Bonchev–Trinajstić information content (AvgIpc) is 2.12. The lowest BCUT2D eigenvalue weighted by Gasteiger charge is -2.05.